The van der Waals surface area contributed by atoms with Crippen molar-refractivity contribution in [3.05, 3.63) is 64.8 Å². The van der Waals surface area contributed by atoms with E-state index in [0.29, 0.717) is 17.3 Å². The number of rotatable bonds is 9. The highest BCUT2D eigenvalue weighted by Gasteiger charge is 2.25. The lowest BCUT2D eigenvalue weighted by atomic mass is 10.1. The van der Waals surface area contributed by atoms with Gasteiger partial charge in [-0.15, -0.1) is 0 Å². The van der Waals surface area contributed by atoms with Crippen LogP contribution in [0.3, 0.4) is 0 Å². The topological polar surface area (TPSA) is 147 Å². The molecule has 0 fully saturated rings. The summed E-state index contributed by atoms with van der Waals surface area (Å²) in [5.74, 6) is -1.99. The van der Waals surface area contributed by atoms with Crippen LogP contribution in [0.15, 0.2) is 47.6 Å². The van der Waals surface area contributed by atoms with Crippen LogP contribution in [0.2, 0.25) is 5.02 Å². The summed E-state index contributed by atoms with van der Waals surface area (Å²) in [4.78, 5) is 20.2. The fourth-order valence-corrected chi connectivity index (χ4v) is 5.27. The van der Waals surface area contributed by atoms with Gasteiger partial charge in [0.15, 0.2) is 15.5 Å². The van der Waals surface area contributed by atoms with Crippen molar-refractivity contribution in [1.29, 1.82) is 0 Å². The maximum absolute atomic E-state index is 15.5. The smallest absolute Gasteiger partial charge is 0.272 e. The van der Waals surface area contributed by atoms with E-state index >= 15 is 4.39 Å². The number of aliphatic hydroxyl groups excluding tert-OH is 1. The van der Waals surface area contributed by atoms with Gasteiger partial charge in [0, 0.05) is 36.7 Å². The van der Waals surface area contributed by atoms with E-state index in [1.54, 1.807) is 0 Å². The Bertz CT molecular complexity index is 1540. The average molecular weight is 534 g/mol. The predicted molar refractivity (Wildman–Crippen MR) is 130 cm³/mol. The third kappa shape index (κ3) is 5.15. The molecule has 3 N–H and O–H groups in total. The molecule has 1 amide bonds. The van der Waals surface area contributed by atoms with E-state index in [9.17, 15) is 13.2 Å². The molecule has 4 rings (SSSR count). The van der Waals surface area contributed by atoms with Crippen molar-refractivity contribution in [3.63, 3.8) is 0 Å². The van der Waals surface area contributed by atoms with Gasteiger partial charge in [-0.25, -0.2) is 17.8 Å². The molecule has 3 aromatic heterocycles. The number of carbonyl (C=O) groups excluding carboxylic acids is 1. The van der Waals surface area contributed by atoms with E-state index in [1.807, 2.05) is 0 Å². The summed E-state index contributed by atoms with van der Waals surface area (Å²) in [6.07, 6.45) is 3.05. The van der Waals surface area contributed by atoms with Crippen molar-refractivity contribution in [2.24, 2.45) is 0 Å². The molecule has 0 bridgehead atoms. The lowest BCUT2D eigenvalue weighted by Gasteiger charge is -2.11. The Morgan fingerprint density at radius 3 is 2.81 bits per heavy atom. The molecule has 0 unspecified atom stereocenters. The van der Waals surface area contributed by atoms with Crippen molar-refractivity contribution < 1.29 is 27.4 Å². The number of nitrogens with one attached hydrogen (secondary N) is 2. The van der Waals surface area contributed by atoms with E-state index < -0.39 is 27.3 Å². The first-order valence-electron chi connectivity index (χ1n) is 10.7. The number of ether oxygens (including phenoxy) is 1. The fraction of sp³-hybridized carbons (Fsp3) is 0.217. The SMILES string of the molecule is COc1ncc(Cl)cc1S(=O)(=O)Cc1cccc(-c2cc3[nH]nc(C(=O)NCCCO)c3cn2)c1F. The van der Waals surface area contributed by atoms with Crippen LogP contribution in [0.1, 0.15) is 22.5 Å². The molecule has 0 aliphatic carbocycles. The summed E-state index contributed by atoms with van der Waals surface area (Å²) in [5.41, 5.74) is 0.775. The molecule has 1 aromatic carbocycles. The highest BCUT2D eigenvalue weighted by Crippen LogP contribution is 2.31. The summed E-state index contributed by atoms with van der Waals surface area (Å²) in [7, 11) is -2.78. The van der Waals surface area contributed by atoms with Gasteiger partial charge in [-0.2, -0.15) is 5.10 Å². The number of H-pyrrole nitrogens is 1. The first kappa shape index (κ1) is 25.5. The molecule has 0 saturated carbocycles. The number of pyridine rings is 2. The fourth-order valence-electron chi connectivity index (χ4n) is 3.55. The lowest BCUT2D eigenvalue weighted by Crippen LogP contribution is -2.25. The van der Waals surface area contributed by atoms with Gasteiger partial charge in [0.2, 0.25) is 5.88 Å². The summed E-state index contributed by atoms with van der Waals surface area (Å²) in [5, 5.41) is 18.8. The number of halogens is 2. The largest absolute Gasteiger partial charge is 0.480 e. The second kappa shape index (κ2) is 10.6. The molecule has 0 aliphatic heterocycles. The number of methoxy groups -OCH3 is 1. The van der Waals surface area contributed by atoms with Gasteiger partial charge in [-0.1, -0.05) is 23.7 Å². The quantitative estimate of drug-likeness (QED) is 0.278. The number of aliphatic hydroxyl groups is 1. The Hall–Kier alpha value is -3.61. The predicted octanol–water partition coefficient (Wildman–Crippen LogP) is 2.91. The normalized spacial score (nSPS) is 11.6. The van der Waals surface area contributed by atoms with Crippen molar-refractivity contribution in [2.45, 2.75) is 17.1 Å². The standard InChI is InChI=1S/C23H21ClFN5O5S/c1-35-23-19(8-14(24)10-28-23)36(33,34)12-13-4-2-5-15(20(13)25)17-9-18-16(11-27-17)21(30-29-18)22(32)26-6-3-7-31/h2,4-5,8-11,31H,3,6-7,12H2,1H3,(H,26,32)(H,29,30). The number of hydrogen-bond acceptors (Lipinski definition) is 8. The molecule has 4 aromatic rings. The number of fused-ring (bicyclic) bond motifs is 1. The van der Waals surface area contributed by atoms with Crippen LogP contribution in [0.5, 0.6) is 5.88 Å². The van der Waals surface area contributed by atoms with Crippen LogP contribution in [0.25, 0.3) is 22.2 Å². The molecule has 0 atom stereocenters. The zero-order chi connectivity index (χ0) is 25.9. The van der Waals surface area contributed by atoms with E-state index in [-0.39, 0.29) is 51.5 Å². The number of sulfone groups is 1. The van der Waals surface area contributed by atoms with Crippen LogP contribution in [-0.4, -0.2) is 59.9 Å². The summed E-state index contributed by atoms with van der Waals surface area (Å²) < 4.78 is 46.6. The molecule has 3 heterocycles. The first-order valence-corrected chi connectivity index (χ1v) is 12.7. The number of benzene rings is 1. The zero-order valence-corrected chi connectivity index (χ0v) is 20.5. The minimum Gasteiger partial charge on any atom is -0.480 e. The molecule has 36 heavy (non-hydrogen) atoms. The second-order valence-electron chi connectivity index (χ2n) is 7.72. The maximum atomic E-state index is 15.5. The van der Waals surface area contributed by atoms with E-state index in [4.69, 9.17) is 21.4 Å². The van der Waals surface area contributed by atoms with Crippen molar-refractivity contribution >= 4 is 38.2 Å². The second-order valence-corrected chi connectivity index (χ2v) is 10.1. The van der Waals surface area contributed by atoms with Gasteiger partial charge in [0.05, 0.1) is 34.5 Å². The summed E-state index contributed by atoms with van der Waals surface area (Å²) in [6.45, 7) is 0.231. The number of hydrogen-bond donors (Lipinski definition) is 3. The first-order chi connectivity index (χ1) is 17.2. The van der Waals surface area contributed by atoms with Crippen LogP contribution >= 0.6 is 11.6 Å². The third-order valence-electron chi connectivity index (χ3n) is 5.30. The molecule has 0 aliphatic rings. The van der Waals surface area contributed by atoms with Crippen molar-refractivity contribution in [3.8, 4) is 17.1 Å². The molecule has 0 spiro atoms. The van der Waals surface area contributed by atoms with Gasteiger partial charge in [-0.3, -0.25) is 14.9 Å². The molecular formula is C23H21ClFN5O5S. The van der Waals surface area contributed by atoms with E-state index in [1.165, 1.54) is 49.8 Å². The van der Waals surface area contributed by atoms with E-state index in [0.717, 1.165) is 0 Å². The molecule has 13 heteroatoms. The number of amides is 1. The van der Waals surface area contributed by atoms with Gasteiger partial charge < -0.3 is 15.2 Å². The van der Waals surface area contributed by atoms with Gasteiger partial charge >= 0.3 is 0 Å². The third-order valence-corrected chi connectivity index (χ3v) is 7.16. The van der Waals surface area contributed by atoms with E-state index in [2.05, 4.69) is 25.5 Å². The maximum Gasteiger partial charge on any atom is 0.272 e. The lowest BCUT2D eigenvalue weighted by molar-refractivity contribution is 0.0947. The minimum absolute atomic E-state index is 0.0536. The van der Waals surface area contributed by atoms with Crippen LogP contribution in [0, 0.1) is 5.82 Å². The van der Waals surface area contributed by atoms with Crippen molar-refractivity contribution in [1.82, 2.24) is 25.5 Å². The molecule has 0 radical (unpaired) electrons. The number of nitrogens with zero attached hydrogens (tertiary/aromatic N) is 3. The van der Waals surface area contributed by atoms with Crippen LogP contribution in [0.4, 0.5) is 4.39 Å². The molecule has 10 nitrogen and oxygen atoms in total. The Kier molecular flexibility index (Phi) is 7.48. The zero-order valence-electron chi connectivity index (χ0n) is 19.0. The molecule has 188 valence electrons. The summed E-state index contributed by atoms with van der Waals surface area (Å²) >= 11 is 5.91. The molecular weight excluding hydrogens is 513 g/mol. The number of carbonyl (C=O) groups is 1. The van der Waals surface area contributed by atoms with Crippen LogP contribution in [-0.2, 0) is 15.6 Å². The number of aromatic nitrogens is 4. The van der Waals surface area contributed by atoms with Gasteiger partial charge in [-0.05, 0) is 24.6 Å². The highest BCUT2D eigenvalue weighted by molar-refractivity contribution is 7.90. The highest BCUT2D eigenvalue weighted by atomic mass is 35.5. The Morgan fingerprint density at radius 2 is 2.06 bits per heavy atom. The Labute approximate surface area is 210 Å². The molecule has 0 saturated heterocycles. The minimum atomic E-state index is -4.06. The van der Waals surface area contributed by atoms with Crippen LogP contribution < -0.4 is 10.1 Å². The monoisotopic (exact) mass is 533 g/mol. The van der Waals surface area contributed by atoms with Crippen molar-refractivity contribution in [2.75, 3.05) is 20.3 Å². The average Bonchev–Trinajstić information content (AvgIpc) is 3.29. The van der Waals surface area contributed by atoms with Gasteiger partial charge in [0.25, 0.3) is 5.91 Å². The summed E-state index contributed by atoms with van der Waals surface area (Å²) in [6, 6.07) is 7.09. The Balaban J connectivity index is 1.65. The van der Waals surface area contributed by atoms with Gasteiger partial charge in [0.1, 0.15) is 10.7 Å². The Morgan fingerprint density at radius 1 is 1.25 bits per heavy atom. The number of aromatic amines is 1.